The van der Waals surface area contributed by atoms with Gasteiger partial charge in [-0.1, -0.05) is 0 Å². The molecule has 7 heteroatoms. The molecule has 0 radical (unpaired) electrons. The Morgan fingerprint density at radius 3 is 2.38 bits per heavy atom. The maximum absolute atomic E-state index is 12.2. The van der Waals surface area contributed by atoms with E-state index in [1.165, 1.54) is 0 Å². The van der Waals surface area contributed by atoms with Gasteiger partial charge in [-0.15, -0.1) is 12.4 Å². The van der Waals surface area contributed by atoms with Gasteiger partial charge in [0.05, 0.1) is 0 Å². The van der Waals surface area contributed by atoms with Crippen molar-refractivity contribution in [2.24, 2.45) is 0 Å². The van der Waals surface area contributed by atoms with Gasteiger partial charge in [-0.25, -0.2) is 0 Å². The molecule has 1 atom stereocenters. The van der Waals surface area contributed by atoms with Gasteiger partial charge >= 0.3 is 0 Å². The molecule has 0 aromatic carbocycles. The van der Waals surface area contributed by atoms with Crippen molar-refractivity contribution in [3.63, 3.8) is 0 Å². The van der Waals surface area contributed by atoms with Crippen LogP contribution in [0.25, 0.3) is 0 Å². The molecule has 2 aliphatic rings. The summed E-state index contributed by atoms with van der Waals surface area (Å²) in [5.74, 6) is 0. The third-order valence-corrected chi connectivity index (χ3v) is 5.28. The molecule has 0 saturated carbocycles. The van der Waals surface area contributed by atoms with Crippen LogP contribution in [-0.4, -0.2) is 55.8 Å². The fourth-order valence-corrected chi connectivity index (χ4v) is 4.10. The van der Waals surface area contributed by atoms with Crippen LogP contribution in [0, 0.1) is 0 Å². The Balaban J connectivity index is 0.00000128. The molecule has 0 aliphatic carbocycles. The Labute approximate surface area is 104 Å². The SMILES string of the molecule is C[C@H]1CNCCN1S(=O)(=O)N1CCCC1.Cl. The van der Waals surface area contributed by atoms with Gasteiger partial charge in [0, 0.05) is 38.8 Å². The molecular formula is C9H20ClN3O2S. The Morgan fingerprint density at radius 1 is 1.19 bits per heavy atom. The van der Waals surface area contributed by atoms with Gasteiger partial charge in [0.15, 0.2) is 0 Å². The zero-order valence-corrected chi connectivity index (χ0v) is 11.2. The first-order chi connectivity index (χ1) is 7.12. The minimum Gasteiger partial charge on any atom is -0.314 e. The van der Waals surface area contributed by atoms with Crippen LogP contribution in [0.4, 0.5) is 0 Å². The standard InChI is InChI=1S/C9H19N3O2S.ClH/c1-9-8-10-4-7-12(9)15(13,14)11-5-2-3-6-11;/h9-10H,2-8H2,1H3;1H/t9-;/m0./s1. The molecule has 0 spiro atoms. The highest BCUT2D eigenvalue weighted by Crippen LogP contribution is 2.19. The van der Waals surface area contributed by atoms with Crippen LogP contribution in [0.2, 0.25) is 0 Å². The van der Waals surface area contributed by atoms with E-state index in [-0.39, 0.29) is 18.4 Å². The first-order valence-electron chi connectivity index (χ1n) is 5.60. The van der Waals surface area contributed by atoms with Crippen LogP contribution in [0.15, 0.2) is 0 Å². The highest BCUT2D eigenvalue weighted by Gasteiger charge is 2.35. The van der Waals surface area contributed by atoms with Crippen LogP contribution >= 0.6 is 12.4 Å². The van der Waals surface area contributed by atoms with E-state index in [4.69, 9.17) is 0 Å². The lowest BCUT2D eigenvalue weighted by Gasteiger charge is -2.35. The zero-order chi connectivity index (χ0) is 10.9. The average molecular weight is 270 g/mol. The molecule has 1 N–H and O–H groups in total. The summed E-state index contributed by atoms with van der Waals surface area (Å²) in [6.45, 7) is 5.46. The maximum atomic E-state index is 12.2. The molecule has 96 valence electrons. The summed E-state index contributed by atoms with van der Waals surface area (Å²) in [6, 6.07) is 0.0735. The Bertz CT molecular complexity index is 317. The van der Waals surface area contributed by atoms with Crippen molar-refractivity contribution in [3.05, 3.63) is 0 Å². The summed E-state index contributed by atoms with van der Waals surface area (Å²) in [6.07, 6.45) is 2.00. The minimum atomic E-state index is -3.18. The van der Waals surface area contributed by atoms with Crippen LogP contribution < -0.4 is 5.32 Å². The fourth-order valence-electron chi connectivity index (χ4n) is 2.23. The second kappa shape index (κ2) is 5.64. The van der Waals surface area contributed by atoms with E-state index in [0.717, 1.165) is 25.9 Å². The van der Waals surface area contributed by atoms with E-state index in [9.17, 15) is 8.42 Å². The monoisotopic (exact) mass is 269 g/mol. The summed E-state index contributed by atoms with van der Waals surface area (Å²) in [5, 5.41) is 3.20. The Hall–Kier alpha value is 0.120. The van der Waals surface area contributed by atoms with Crippen LogP contribution in [-0.2, 0) is 10.2 Å². The van der Waals surface area contributed by atoms with Gasteiger partial charge in [-0.2, -0.15) is 17.0 Å². The molecular weight excluding hydrogens is 250 g/mol. The predicted octanol–water partition coefficient (Wildman–Crippen LogP) is 0.0425. The fraction of sp³-hybridized carbons (Fsp3) is 1.00. The van der Waals surface area contributed by atoms with E-state index >= 15 is 0 Å². The molecule has 0 amide bonds. The summed E-state index contributed by atoms with van der Waals surface area (Å²) in [7, 11) is -3.18. The summed E-state index contributed by atoms with van der Waals surface area (Å²) in [4.78, 5) is 0. The molecule has 0 unspecified atom stereocenters. The number of hydrogen-bond acceptors (Lipinski definition) is 3. The summed E-state index contributed by atoms with van der Waals surface area (Å²) >= 11 is 0. The highest BCUT2D eigenvalue weighted by molar-refractivity contribution is 7.86. The summed E-state index contributed by atoms with van der Waals surface area (Å²) < 4.78 is 27.7. The third-order valence-electron chi connectivity index (χ3n) is 3.13. The molecule has 2 rings (SSSR count). The number of piperazine rings is 1. The van der Waals surface area contributed by atoms with Crippen molar-refractivity contribution in [2.45, 2.75) is 25.8 Å². The van der Waals surface area contributed by atoms with Crippen molar-refractivity contribution in [2.75, 3.05) is 32.7 Å². The van der Waals surface area contributed by atoms with Gasteiger partial charge in [0.1, 0.15) is 0 Å². The van der Waals surface area contributed by atoms with Gasteiger partial charge in [0.25, 0.3) is 10.2 Å². The molecule has 16 heavy (non-hydrogen) atoms. The molecule has 2 aliphatic heterocycles. The maximum Gasteiger partial charge on any atom is 0.282 e. The second-order valence-corrected chi connectivity index (χ2v) is 6.16. The number of rotatable bonds is 2. The molecule has 0 bridgehead atoms. The lowest BCUT2D eigenvalue weighted by Crippen LogP contribution is -2.55. The lowest BCUT2D eigenvalue weighted by atomic mass is 10.3. The van der Waals surface area contributed by atoms with Crippen molar-refractivity contribution in [3.8, 4) is 0 Å². The normalized spacial score (nSPS) is 28.9. The van der Waals surface area contributed by atoms with Crippen LogP contribution in [0.3, 0.4) is 0 Å². The molecule has 2 saturated heterocycles. The number of hydrogen-bond donors (Lipinski definition) is 1. The van der Waals surface area contributed by atoms with Crippen molar-refractivity contribution in [1.29, 1.82) is 0 Å². The third kappa shape index (κ3) is 2.68. The van der Waals surface area contributed by atoms with Crippen molar-refractivity contribution in [1.82, 2.24) is 13.9 Å². The van der Waals surface area contributed by atoms with Crippen LogP contribution in [0.5, 0.6) is 0 Å². The topological polar surface area (TPSA) is 52.7 Å². The molecule has 2 fully saturated rings. The van der Waals surface area contributed by atoms with E-state index < -0.39 is 10.2 Å². The smallest absolute Gasteiger partial charge is 0.282 e. The Kier molecular flexibility index (Phi) is 5.00. The second-order valence-electron chi connectivity index (χ2n) is 4.28. The zero-order valence-electron chi connectivity index (χ0n) is 9.55. The van der Waals surface area contributed by atoms with E-state index in [0.29, 0.717) is 19.6 Å². The van der Waals surface area contributed by atoms with Crippen molar-refractivity contribution >= 4 is 22.6 Å². The molecule has 2 heterocycles. The minimum absolute atomic E-state index is 0. The number of halogens is 1. The lowest BCUT2D eigenvalue weighted by molar-refractivity contribution is 0.263. The molecule has 5 nitrogen and oxygen atoms in total. The van der Waals surface area contributed by atoms with Gasteiger partial charge in [0.2, 0.25) is 0 Å². The van der Waals surface area contributed by atoms with Gasteiger partial charge in [-0.3, -0.25) is 0 Å². The Morgan fingerprint density at radius 2 is 1.81 bits per heavy atom. The molecule has 0 aromatic heterocycles. The predicted molar refractivity (Wildman–Crippen MR) is 66.0 cm³/mol. The van der Waals surface area contributed by atoms with Gasteiger partial charge < -0.3 is 5.32 Å². The van der Waals surface area contributed by atoms with E-state index in [1.807, 2.05) is 6.92 Å². The van der Waals surface area contributed by atoms with Crippen molar-refractivity contribution < 1.29 is 8.42 Å². The first kappa shape index (κ1) is 14.2. The number of nitrogens with one attached hydrogen (secondary N) is 1. The quantitative estimate of drug-likeness (QED) is 0.770. The van der Waals surface area contributed by atoms with Gasteiger partial charge in [-0.05, 0) is 19.8 Å². The van der Waals surface area contributed by atoms with E-state index in [1.54, 1.807) is 8.61 Å². The molecule has 0 aromatic rings. The largest absolute Gasteiger partial charge is 0.314 e. The summed E-state index contributed by atoms with van der Waals surface area (Å²) in [5.41, 5.74) is 0. The average Bonchev–Trinajstić information content (AvgIpc) is 2.71. The number of nitrogens with zero attached hydrogens (tertiary/aromatic N) is 2. The highest BCUT2D eigenvalue weighted by atomic mass is 35.5. The van der Waals surface area contributed by atoms with Crippen LogP contribution in [0.1, 0.15) is 19.8 Å². The van der Waals surface area contributed by atoms with E-state index in [2.05, 4.69) is 5.32 Å². The first-order valence-corrected chi connectivity index (χ1v) is 7.00.